The number of rotatable bonds is 13. The number of halogens is 3. The molecule has 0 bridgehead atoms. The fraction of sp³-hybridized carbons (Fsp3) is 0.407. The van der Waals surface area contributed by atoms with Gasteiger partial charge in [0.25, 0.3) is 0 Å². The van der Waals surface area contributed by atoms with Gasteiger partial charge in [0.1, 0.15) is 22.9 Å². The third-order valence-electron chi connectivity index (χ3n) is 5.50. The van der Waals surface area contributed by atoms with Crippen molar-refractivity contribution in [3.8, 4) is 11.5 Å². The Morgan fingerprint density at radius 3 is 2.11 bits per heavy atom. The molecule has 2 N–H and O–H groups in total. The number of benzene rings is 2. The molecule has 1 atom stereocenters. The Kier molecular flexibility index (Phi) is 9.78. The quantitative estimate of drug-likeness (QED) is 0.230. The Balaban J connectivity index is 1.69. The highest BCUT2D eigenvalue weighted by atomic mass is 19.4. The fourth-order valence-corrected chi connectivity index (χ4v) is 3.30. The maximum absolute atomic E-state index is 13.6. The number of aromatic nitrogens is 2. The molecular formula is C27H33F3N4O2. The number of hydrogen-bond acceptors (Lipinski definition) is 6. The molecule has 9 heteroatoms. The van der Waals surface area contributed by atoms with Gasteiger partial charge in [0, 0.05) is 17.6 Å². The molecule has 0 fully saturated rings. The van der Waals surface area contributed by atoms with Gasteiger partial charge in [-0.25, -0.2) is 4.98 Å². The smallest absolute Gasteiger partial charge is 0.421 e. The highest BCUT2D eigenvalue weighted by Gasteiger charge is 2.35. The first-order valence-electron chi connectivity index (χ1n) is 12.3. The topological polar surface area (TPSA) is 68.3 Å². The largest absolute Gasteiger partial charge is 0.494 e. The molecule has 0 aliphatic heterocycles. The van der Waals surface area contributed by atoms with Gasteiger partial charge in [-0.05, 0) is 68.3 Å². The molecule has 0 radical (unpaired) electrons. The van der Waals surface area contributed by atoms with E-state index in [0.717, 1.165) is 31.2 Å². The Bertz CT molecular complexity index is 1070. The molecule has 0 spiro atoms. The molecule has 0 amide bonds. The lowest BCUT2D eigenvalue weighted by Gasteiger charge is -2.16. The molecule has 3 rings (SSSR count). The monoisotopic (exact) mass is 502 g/mol. The molecule has 2 aromatic carbocycles. The number of unbranched alkanes of at least 4 members (excludes halogenated alkanes) is 3. The average Bonchev–Trinajstić information content (AvgIpc) is 2.85. The van der Waals surface area contributed by atoms with Crippen LogP contribution in [0.2, 0.25) is 0 Å². The summed E-state index contributed by atoms with van der Waals surface area (Å²) in [4.78, 5) is 7.96. The molecule has 0 aliphatic rings. The number of anilines is 4. The van der Waals surface area contributed by atoms with E-state index in [4.69, 9.17) is 9.47 Å². The number of nitrogens with zero attached hydrogens (tertiary/aromatic N) is 2. The second-order valence-electron chi connectivity index (χ2n) is 8.50. The summed E-state index contributed by atoms with van der Waals surface area (Å²) in [5.74, 6) is 1.07. The van der Waals surface area contributed by atoms with Gasteiger partial charge in [-0.3, -0.25) is 0 Å². The minimum absolute atomic E-state index is 0.0375. The third-order valence-corrected chi connectivity index (χ3v) is 5.50. The summed E-state index contributed by atoms with van der Waals surface area (Å²) in [6, 6.07) is 13.8. The van der Waals surface area contributed by atoms with Crippen LogP contribution in [0.25, 0.3) is 0 Å². The molecule has 36 heavy (non-hydrogen) atoms. The summed E-state index contributed by atoms with van der Waals surface area (Å²) in [5.41, 5.74) is 0.118. The van der Waals surface area contributed by atoms with E-state index in [1.807, 2.05) is 13.8 Å². The first kappa shape index (κ1) is 27.1. The molecule has 1 unspecified atom stereocenters. The Hall–Kier alpha value is -3.49. The lowest BCUT2D eigenvalue weighted by Crippen LogP contribution is -2.13. The SMILES string of the molecule is CCCCCCOc1ccc(Nc2ncc(C(F)(F)F)c(Nc3ccc(OC(C)CC)cc3)n2)cc1. The van der Waals surface area contributed by atoms with E-state index in [0.29, 0.717) is 23.7 Å². The molecule has 1 aromatic heterocycles. The van der Waals surface area contributed by atoms with Crippen LogP contribution in [-0.4, -0.2) is 22.7 Å². The summed E-state index contributed by atoms with van der Waals surface area (Å²) in [7, 11) is 0. The summed E-state index contributed by atoms with van der Waals surface area (Å²) in [6.45, 7) is 6.77. The zero-order valence-corrected chi connectivity index (χ0v) is 20.9. The van der Waals surface area contributed by atoms with Crippen LogP contribution in [0.3, 0.4) is 0 Å². The van der Waals surface area contributed by atoms with Gasteiger partial charge in [-0.2, -0.15) is 18.2 Å². The van der Waals surface area contributed by atoms with Crippen LogP contribution < -0.4 is 20.1 Å². The standard InChI is InChI=1S/C27H33F3N4O2/c1-4-6-7-8-17-35-22-13-9-21(10-14-22)33-26-31-18-24(27(28,29)30)25(34-26)32-20-11-15-23(16-12-20)36-19(3)5-2/h9-16,18-19H,4-8,17H2,1-3H3,(H2,31,32,33,34). The Labute approximate surface area is 210 Å². The van der Waals surface area contributed by atoms with Crippen molar-refractivity contribution in [2.24, 2.45) is 0 Å². The molecule has 0 saturated heterocycles. The zero-order chi connectivity index (χ0) is 26.0. The fourth-order valence-electron chi connectivity index (χ4n) is 3.30. The van der Waals surface area contributed by atoms with Crippen LogP contribution in [0.15, 0.2) is 54.7 Å². The van der Waals surface area contributed by atoms with Crippen LogP contribution in [0, 0.1) is 0 Å². The van der Waals surface area contributed by atoms with Gasteiger partial charge in [0.2, 0.25) is 5.95 Å². The molecule has 1 heterocycles. The maximum atomic E-state index is 13.6. The summed E-state index contributed by atoms with van der Waals surface area (Å²) in [6.07, 6.45) is 1.53. The minimum atomic E-state index is -4.61. The summed E-state index contributed by atoms with van der Waals surface area (Å²) in [5, 5.41) is 5.71. The lowest BCUT2D eigenvalue weighted by atomic mass is 10.2. The van der Waals surface area contributed by atoms with Crippen LogP contribution in [0.5, 0.6) is 11.5 Å². The molecular weight excluding hydrogens is 469 g/mol. The van der Waals surface area contributed by atoms with Gasteiger partial charge < -0.3 is 20.1 Å². The van der Waals surface area contributed by atoms with Gasteiger partial charge >= 0.3 is 6.18 Å². The zero-order valence-electron chi connectivity index (χ0n) is 20.9. The van der Waals surface area contributed by atoms with E-state index >= 15 is 0 Å². The molecule has 0 saturated carbocycles. The van der Waals surface area contributed by atoms with Gasteiger partial charge in [-0.1, -0.05) is 33.1 Å². The van der Waals surface area contributed by atoms with Crippen LogP contribution >= 0.6 is 0 Å². The number of ether oxygens (including phenoxy) is 2. The van der Waals surface area contributed by atoms with Crippen molar-refractivity contribution in [2.75, 3.05) is 17.2 Å². The molecule has 6 nitrogen and oxygen atoms in total. The first-order chi connectivity index (χ1) is 17.3. The Morgan fingerprint density at radius 2 is 1.50 bits per heavy atom. The molecule has 3 aromatic rings. The van der Waals surface area contributed by atoms with E-state index in [1.54, 1.807) is 48.5 Å². The second kappa shape index (κ2) is 13.0. The first-order valence-corrected chi connectivity index (χ1v) is 12.3. The van der Waals surface area contributed by atoms with E-state index in [1.165, 1.54) is 12.8 Å². The average molecular weight is 503 g/mol. The normalized spacial score (nSPS) is 12.2. The Morgan fingerprint density at radius 1 is 0.861 bits per heavy atom. The second-order valence-corrected chi connectivity index (χ2v) is 8.50. The van der Waals surface area contributed by atoms with Crippen molar-refractivity contribution in [1.82, 2.24) is 9.97 Å². The van der Waals surface area contributed by atoms with Crippen molar-refractivity contribution in [3.05, 3.63) is 60.3 Å². The van der Waals surface area contributed by atoms with Crippen molar-refractivity contribution in [2.45, 2.75) is 65.2 Å². The van der Waals surface area contributed by atoms with E-state index in [2.05, 4.69) is 27.5 Å². The molecule has 0 aliphatic carbocycles. The van der Waals surface area contributed by atoms with Crippen LogP contribution in [-0.2, 0) is 6.18 Å². The predicted octanol–water partition coefficient (Wildman–Crippen LogP) is 8.12. The summed E-state index contributed by atoms with van der Waals surface area (Å²) < 4.78 is 52.2. The van der Waals surface area contributed by atoms with Crippen molar-refractivity contribution in [3.63, 3.8) is 0 Å². The van der Waals surface area contributed by atoms with E-state index in [9.17, 15) is 13.2 Å². The van der Waals surface area contributed by atoms with E-state index in [-0.39, 0.29) is 17.9 Å². The van der Waals surface area contributed by atoms with Crippen LogP contribution in [0.1, 0.15) is 58.4 Å². The van der Waals surface area contributed by atoms with Gasteiger partial charge in [0.05, 0.1) is 12.7 Å². The van der Waals surface area contributed by atoms with Gasteiger partial charge in [-0.15, -0.1) is 0 Å². The van der Waals surface area contributed by atoms with Crippen molar-refractivity contribution < 1.29 is 22.6 Å². The maximum Gasteiger partial charge on any atom is 0.421 e. The number of nitrogens with one attached hydrogen (secondary N) is 2. The number of alkyl halides is 3. The van der Waals surface area contributed by atoms with Gasteiger partial charge in [0.15, 0.2) is 0 Å². The predicted molar refractivity (Wildman–Crippen MR) is 137 cm³/mol. The lowest BCUT2D eigenvalue weighted by molar-refractivity contribution is -0.137. The number of hydrogen-bond donors (Lipinski definition) is 2. The van der Waals surface area contributed by atoms with E-state index < -0.39 is 11.7 Å². The van der Waals surface area contributed by atoms with Crippen LogP contribution in [0.4, 0.5) is 36.3 Å². The molecule has 194 valence electrons. The third kappa shape index (κ3) is 8.32. The van der Waals surface area contributed by atoms with Crippen molar-refractivity contribution >= 4 is 23.1 Å². The summed E-state index contributed by atoms with van der Waals surface area (Å²) >= 11 is 0. The highest BCUT2D eigenvalue weighted by molar-refractivity contribution is 5.63. The van der Waals surface area contributed by atoms with Crippen molar-refractivity contribution in [1.29, 1.82) is 0 Å². The highest BCUT2D eigenvalue weighted by Crippen LogP contribution is 2.35. The minimum Gasteiger partial charge on any atom is -0.494 e.